The molecule has 0 aliphatic rings. The van der Waals surface area contributed by atoms with Crippen molar-refractivity contribution in [2.45, 2.75) is 4.90 Å². The molecule has 1 aromatic heterocycles. The SMILES string of the molecule is O=C(NNS(=O)(=O)c1ccc(Cl)c([N+](=O)[O-])c1)c1cccs1. The summed E-state index contributed by atoms with van der Waals surface area (Å²) in [7, 11) is -4.16. The lowest BCUT2D eigenvalue weighted by Crippen LogP contribution is -2.41. The van der Waals surface area contributed by atoms with Crippen LogP contribution in [0.4, 0.5) is 5.69 Å². The highest BCUT2D eigenvalue weighted by Crippen LogP contribution is 2.26. The zero-order valence-corrected chi connectivity index (χ0v) is 13.0. The number of nitro groups is 1. The van der Waals surface area contributed by atoms with E-state index in [1.807, 2.05) is 10.3 Å². The van der Waals surface area contributed by atoms with Gasteiger partial charge in [-0.25, -0.2) is 8.42 Å². The molecule has 22 heavy (non-hydrogen) atoms. The normalized spacial score (nSPS) is 11.1. The van der Waals surface area contributed by atoms with Gasteiger partial charge in [-0.05, 0) is 23.6 Å². The number of carbonyl (C=O) groups is 1. The van der Waals surface area contributed by atoms with E-state index in [-0.39, 0.29) is 5.02 Å². The highest BCUT2D eigenvalue weighted by atomic mass is 35.5. The molecule has 1 amide bonds. The zero-order valence-electron chi connectivity index (χ0n) is 10.6. The topological polar surface area (TPSA) is 118 Å². The predicted molar refractivity (Wildman–Crippen MR) is 80.2 cm³/mol. The molecule has 0 bridgehead atoms. The third kappa shape index (κ3) is 3.60. The van der Waals surface area contributed by atoms with Crippen LogP contribution in [0.1, 0.15) is 9.67 Å². The van der Waals surface area contributed by atoms with E-state index in [0.717, 1.165) is 29.5 Å². The number of nitrogens with zero attached hydrogens (tertiary/aromatic N) is 1. The minimum Gasteiger partial charge on any atom is -0.273 e. The molecule has 0 aliphatic heterocycles. The number of hydrogen-bond acceptors (Lipinski definition) is 6. The number of rotatable bonds is 5. The number of thiophene rings is 1. The van der Waals surface area contributed by atoms with Crippen LogP contribution in [0.2, 0.25) is 5.02 Å². The fraction of sp³-hybridized carbons (Fsp3) is 0. The van der Waals surface area contributed by atoms with Crippen molar-refractivity contribution in [1.29, 1.82) is 0 Å². The van der Waals surface area contributed by atoms with Crippen molar-refractivity contribution in [3.05, 3.63) is 55.7 Å². The molecule has 8 nitrogen and oxygen atoms in total. The molecule has 0 aliphatic carbocycles. The molecule has 2 rings (SSSR count). The second kappa shape index (κ2) is 6.40. The molecule has 1 aromatic carbocycles. The van der Waals surface area contributed by atoms with Gasteiger partial charge >= 0.3 is 0 Å². The third-order valence-corrected chi connectivity index (χ3v) is 4.90. The smallest absolute Gasteiger partial charge is 0.273 e. The second-order valence-electron chi connectivity index (χ2n) is 3.91. The molecule has 11 heteroatoms. The number of amides is 1. The fourth-order valence-corrected chi connectivity index (χ4v) is 3.11. The minimum absolute atomic E-state index is 0.188. The number of halogens is 1. The highest BCUT2D eigenvalue weighted by molar-refractivity contribution is 7.89. The molecule has 0 atom stereocenters. The first-order valence-electron chi connectivity index (χ1n) is 5.61. The lowest BCUT2D eigenvalue weighted by molar-refractivity contribution is -0.384. The first kappa shape index (κ1) is 16.4. The summed E-state index contributed by atoms with van der Waals surface area (Å²) < 4.78 is 24.0. The monoisotopic (exact) mass is 361 g/mol. The summed E-state index contributed by atoms with van der Waals surface area (Å²) in [6.45, 7) is 0. The highest BCUT2D eigenvalue weighted by Gasteiger charge is 2.21. The van der Waals surface area contributed by atoms with Gasteiger partial charge in [-0.2, -0.15) is 0 Å². The largest absolute Gasteiger partial charge is 0.289 e. The first-order chi connectivity index (χ1) is 10.3. The third-order valence-electron chi connectivity index (χ3n) is 2.47. The van der Waals surface area contributed by atoms with E-state index in [1.165, 1.54) is 6.07 Å². The van der Waals surface area contributed by atoms with Crippen LogP contribution in [-0.4, -0.2) is 19.2 Å². The summed E-state index contributed by atoms with van der Waals surface area (Å²) in [5, 5.41) is 12.2. The minimum atomic E-state index is -4.16. The second-order valence-corrected chi connectivity index (χ2v) is 6.94. The Balaban J connectivity index is 2.19. The van der Waals surface area contributed by atoms with E-state index < -0.39 is 31.4 Å². The first-order valence-corrected chi connectivity index (χ1v) is 8.35. The standard InChI is InChI=1S/C11H8ClN3O5S2/c12-8-4-3-7(6-9(8)15(17)18)22(19,20)14-13-11(16)10-2-1-5-21-10/h1-6,14H,(H,13,16). The maximum atomic E-state index is 12.0. The van der Waals surface area contributed by atoms with Crippen molar-refractivity contribution >= 4 is 44.6 Å². The van der Waals surface area contributed by atoms with Gasteiger partial charge in [0.25, 0.3) is 21.6 Å². The van der Waals surface area contributed by atoms with Gasteiger partial charge in [-0.1, -0.05) is 17.7 Å². The van der Waals surface area contributed by atoms with E-state index in [1.54, 1.807) is 11.4 Å². The quantitative estimate of drug-likeness (QED) is 0.623. The lowest BCUT2D eigenvalue weighted by atomic mass is 10.3. The van der Waals surface area contributed by atoms with Crippen LogP contribution in [0.5, 0.6) is 0 Å². The summed E-state index contributed by atoms with van der Waals surface area (Å²) in [5.41, 5.74) is 1.47. The van der Waals surface area contributed by atoms with Gasteiger partial charge in [0.05, 0.1) is 14.7 Å². The predicted octanol–water partition coefficient (Wildman–Crippen LogP) is 1.93. The van der Waals surface area contributed by atoms with Gasteiger partial charge in [0.2, 0.25) is 0 Å². The number of nitrogens with one attached hydrogen (secondary N) is 2. The molecule has 0 spiro atoms. The van der Waals surface area contributed by atoms with Gasteiger partial charge in [0.1, 0.15) is 5.02 Å². The van der Waals surface area contributed by atoms with Gasteiger partial charge in [-0.15, -0.1) is 16.2 Å². The zero-order chi connectivity index (χ0) is 16.3. The maximum Gasteiger partial charge on any atom is 0.289 e. The molecule has 0 saturated heterocycles. The van der Waals surface area contributed by atoms with Crippen LogP contribution in [0.25, 0.3) is 0 Å². The Morgan fingerprint density at radius 2 is 2.05 bits per heavy atom. The number of benzene rings is 1. The van der Waals surface area contributed by atoms with E-state index in [4.69, 9.17) is 11.6 Å². The summed E-state index contributed by atoms with van der Waals surface area (Å²) >= 11 is 6.74. The molecule has 0 saturated carbocycles. The number of nitro benzene ring substituents is 1. The number of sulfonamides is 1. The molecule has 0 fully saturated rings. The number of hydrazine groups is 1. The van der Waals surface area contributed by atoms with E-state index in [9.17, 15) is 23.3 Å². The van der Waals surface area contributed by atoms with Crippen LogP contribution in [0, 0.1) is 10.1 Å². The number of hydrogen-bond donors (Lipinski definition) is 2. The molecule has 0 radical (unpaired) electrons. The average molecular weight is 362 g/mol. The van der Waals surface area contributed by atoms with Crippen molar-refractivity contribution < 1.29 is 18.1 Å². The van der Waals surface area contributed by atoms with Crippen LogP contribution in [0.3, 0.4) is 0 Å². The van der Waals surface area contributed by atoms with Gasteiger partial charge in [-0.3, -0.25) is 20.3 Å². The molecule has 0 unspecified atom stereocenters. The molecule has 1 heterocycles. The van der Waals surface area contributed by atoms with E-state index >= 15 is 0 Å². The molecular formula is C11H8ClN3O5S2. The maximum absolute atomic E-state index is 12.0. The van der Waals surface area contributed by atoms with E-state index in [0.29, 0.717) is 4.88 Å². The van der Waals surface area contributed by atoms with Crippen molar-refractivity contribution in [3.63, 3.8) is 0 Å². The van der Waals surface area contributed by atoms with E-state index in [2.05, 4.69) is 0 Å². The Morgan fingerprint density at radius 3 is 2.64 bits per heavy atom. The summed E-state index contributed by atoms with van der Waals surface area (Å²) in [4.78, 5) is 23.4. The molecule has 2 N–H and O–H groups in total. The lowest BCUT2D eigenvalue weighted by Gasteiger charge is -2.07. The van der Waals surface area contributed by atoms with Crippen LogP contribution in [0.15, 0.2) is 40.6 Å². The fourth-order valence-electron chi connectivity index (χ4n) is 1.44. The summed E-state index contributed by atoms with van der Waals surface area (Å²) in [6, 6.07) is 6.14. The van der Waals surface area contributed by atoms with Crippen LogP contribution in [-0.2, 0) is 10.0 Å². The van der Waals surface area contributed by atoms with Crippen molar-refractivity contribution in [2.24, 2.45) is 0 Å². The van der Waals surface area contributed by atoms with Crippen LogP contribution >= 0.6 is 22.9 Å². The molecule has 2 aromatic rings. The van der Waals surface area contributed by atoms with Crippen molar-refractivity contribution in [2.75, 3.05) is 0 Å². The van der Waals surface area contributed by atoms with Crippen LogP contribution < -0.4 is 10.3 Å². The Bertz CT molecular complexity index is 820. The Kier molecular flexibility index (Phi) is 4.76. The average Bonchev–Trinajstić information content (AvgIpc) is 2.99. The van der Waals surface area contributed by atoms with Crippen molar-refractivity contribution in [1.82, 2.24) is 10.3 Å². The van der Waals surface area contributed by atoms with Gasteiger partial charge < -0.3 is 0 Å². The van der Waals surface area contributed by atoms with Crippen molar-refractivity contribution in [3.8, 4) is 0 Å². The summed E-state index contributed by atoms with van der Waals surface area (Å²) in [5.74, 6) is -0.637. The Labute approximate surface area is 133 Å². The molecule has 116 valence electrons. The van der Waals surface area contributed by atoms with Gasteiger partial charge in [0, 0.05) is 6.07 Å². The van der Waals surface area contributed by atoms with Gasteiger partial charge in [0.15, 0.2) is 0 Å². The molecular weight excluding hydrogens is 354 g/mol. The Morgan fingerprint density at radius 1 is 1.32 bits per heavy atom. The summed E-state index contributed by atoms with van der Waals surface area (Å²) in [6.07, 6.45) is 0. The number of carbonyl (C=O) groups excluding carboxylic acids is 1. The Hall–Kier alpha value is -2.01.